The largest absolute Gasteiger partial charge is 0.324 e. The molecule has 8 heteroatoms. The fourth-order valence-electron chi connectivity index (χ4n) is 1.80. The van der Waals surface area contributed by atoms with E-state index in [1.165, 1.54) is 6.07 Å². The number of aromatic amines is 1. The van der Waals surface area contributed by atoms with Crippen LogP contribution in [0.2, 0.25) is 0 Å². The lowest BCUT2D eigenvalue weighted by Crippen LogP contribution is -2.24. The zero-order valence-corrected chi connectivity index (χ0v) is 13.1. The normalized spacial score (nSPS) is 13.2. The molecule has 1 heterocycles. The highest BCUT2D eigenvalue weighted by Gasteiger charge is 2.15. The highest BCUT2D eigenvalue weighted by atomic mass is 32.2. The first-order chi connectivity index (χ1) is 9.92. The average Bonchev–Trinajstić information content (AvgIpc) is 2.90. The van der Waals surface area contributed by atoms with Gasteiger partial charge in [-0.3, -0.25) is 4.79 Å². The van der Waals surface area contributed by atoms with Gasteiger partial charge in [-0.25, -0.2) is 13.1 Å². The number of benzene rings is 1. The van der Waals surface area contributed by atoms with Crippen LogP contribution in [-0.2, 0) is 16.6 Å². The van der Waals surface area contributed by atoms with Crippen LogP contribution in [0, 0.1) is 0 Å². The van der Waals surface area contributed by atoms with Gasteiger partial charge in [-0.1, -0.05) is 30.4 Å². The van der Waals surface area contributed by atoms with E-state index in [2.05, 4.69) is 9.71 Å². The Labute approximate surface area is 127 Å². The van der Waals surface area contributed by atoms with Crippen LogP contribution < -0.4 is 15.3 Å². The Morgan fingerprint density at radius 3 is 2.81 bits per heavy atom. The molecule has 0 bridgehead atoms. The zero-order valence-electron chi connectivity index (χ0n) is 11.5. The van der Waals surface area contributed by atoms with Crippen molar-refractivity contribution in [2.24, 2.45) is 5.73 Å². The molecule has 0 saturated carbocycles. The molecule has 1 unspecified atom stereocenters. The summed E-state index contributed by atoms with van der Waals surface area (Å²) < 4.78 is 26.9. The van der Waals surface area contributed by atoms with E-state index in [1.807, 2.05) is 13.0 Å². The van der Waals surface area contributed by atoms with Crippen molar-refractivity contribution >= 4 is 21.4 Å². The van der Waals surface area contributed by atoms with Gasteiger partial charge in [0.05, 0.1) is 11.4 Å². The molecule has 0 aliphatic rings. The van der Waals surface area contributed by atoms with Crippen LogP contribution in [0.15, 0.2) is 39.3 Å². The fraction of sp³-hybridized carbons (Fsp3) is 0.308. The van der Waals surface area contributed by atoms with E-state index in [4.69, 9.17) is 5.73 Å². The van der Waals surface area contributed by atoms with Crippen LogP contribution in [0.5, 0.6) is 0 Å². The summed E-state index contributed by atoms with van der Waals surface area (Å²) in [5.74, 6) is 0. The molecule has 0 aliphatic heterocycles. The smallest absolute Gasteiger partial charge is 0.304 e. The molecule has 21 heavy (non-hydrogen) atoms. The summed E-state index contributed by atoms with van der Waals surface area (Å²) in [6.07, 6.45) is 0.729. The van der Waals surface area contributed by atoms with E-state index < -0.39 is 10.0 Å². The molecule has 2 rings (SSSR count). The molecular formula is C13H17N3O3S2. The molecule has 2 aromatic rings. The van der Waals surface area contributed by atoms with Crippen molar-refractivity contribution in [2.75, 3.05) is 0 Å². The summed E-state index contributed by atoms with van der Waals surface area (Å²) in [5, 5.41) is 1.59. The Morgan fingerprint density at radius 1 is 1.43 bits per heavy atom. The van der Waals surface area contributed by atoms with E-state index >= 15 is 0 Å². The van der Waals surface area contributed by atoms with Gasteiger partial charge in [-0.15, -0.1) is 0 Å². The molecule has 1 aromatic carbocycles. The summed E-state index contributed by atoms with van der Waals surface area (Å²) in [6.45, 7) is 1.99. The summed E-state index contributed by atoms with van der Waals surface area (Å²) in [7, 11) is -3.64. The standard InChI is InChI=1S/C13H17N3O3S2/c1-2-12(14)9-4-3-5-11(6-9)21(18,19)15-7-10-8-20-13(17)16-10/h3-6,8,12,15H,2,7,14H2,1H3,(H,16,17). The van der Waals surface area contributed by atoms with Crippen LogP contribution in [-0.4, -0.2) is 13.4 Å². The third kappa shape index (κ3) is 4.01. The van der Waals surface area contributed by atoms with Crippen LogP contribution >= 0.6 is 11.3 Å². The minimum Gasteiger partial charge on any atom is -0.324 e. The van der Waals surface area contributed by atoms with Gasteiger partial charge < -0.3 is 10.7 Å². The van der Waals surface area contributed by atoms with Gasteiger partial charge in [0.25, 0.3) is 0 Å². The number of rotatable bonds is 6. The highest BCUT2D eigenvalue weighted by molar-refractivity contribution is 7.89. The van der Waals surface area contributed by atoms with Crippen LogP contribution in [0.25, 0.3) is 0 Å². The van der Waals surface area contributed by atoms with E-state index in [9.17, 15) is 13.2 Å². The first-order valence-electron chi connectivity index (χ1n) is 6.44. The number of hydrogen-bond acceptors (Lipinski definition) is 5. The van der Waals surface area contributed by atoms with Gasteiger partial charge >= 0.3 is 4.87 Å². The molecule has 0 fully saturated rings. The van der Waals surface area contributed by atoms with E-state index in [-0.39, 0.29) is 22.4 Å². The maximum Gasteiger partial charge on any atom is 0.304 e. The predicted octanol–water partition coefficient (Wildman–Crippen LogP) is 1.32. The van der Waals surface area contributed by atoms with Crippen molar-refractivity contribution in [2.45, 2.75) is 30.8 Å². The molecular weight excluding hydrogens is 310 g/mol. The molecule has 0 saturated heterocycles. The van der Waals surface area contributed by atoms with E-state index in [0.717, 1.165) is 23.3 Å². The van der Waals surface area contributed by atoms with Crippen molar-refractivity contribution in [3.05, 3.63) is 50.6 Å². The number of H-pyrrole nitrogens is 1. The minimum absolute atomic E-state index is 0.0468. The molecule has 4 N–H and O–H groups in total. The van der Waals surface area contributed by atoms with Crippen molar-refractivity contribution in [1.82, 2.24) is 9.71 Å². The second-order valence-electron chi connectivity index (χ2n) is 4.59. The number of sulfonamides is 1. The summed E-state index contributed by atoms with van der Waals surface area (Å²) >= 11 is 0.998. The topological polar surface area (TPSA) is 105 Å². The van der Waals surface area contributed by atoms with Gasteiger partial charge in [0, 0.05) is 17.1 Å². The maximum absolute atomic E-state index is 12.2. The molecule has 1 aromatic heterocycles. The van der Waals surface area contributed by atoms with Crippen LogP contribution in [0.4, 0.5) is 0 Å². The Morgan fingerprint density at radius 2 is 2.19 bits per heavy atom. The molecule has 6 nitrogen and oxygen atoms in total. The lowest BCUT2D eigenvalue weighted by molar-refractivity contribution is 0.580. The van der Waals surface area contributed by atoms with Gasteiger partial charge in [0.2, 0.25) is 10.0 Å². The van der Waals surface area contributed by atoms with E-state index in [0.29, 0.717) is 5.69 Å². The second kappa shape index (κ2) is 6.52. The fourth-order valence-corrected chi connectivity index (χ4v) is 3.45. The van der Waals surface area contributed by atoms with Crippen molar-refractivity contribution < 1.29 is 8.42 Å². The lowest BCUT2D eigenvalue weighted by Gasteiger charge is -2.11. The Balaban J connectivity index is 2.17. The number of thiazole rings is 1. The second-order valence-corrected chi connectivity index (χ2v) is 7.19. The summed E-state index contributed by atoms with van der Waals surface area (Å²) in [4.78, 5) is 13.5. The number of nitrogens with two attached hydrogens (primary N) is 1. The monoisotopic (exact) mass is 327 g/mol. The van der Waals surface area contributed by atoms with Gasteiger partial charge in [0.1, 0.15) is 0 Å². The van der Waals surface area contributed by atoms with Gasteiger partial charge in [-0.2, -0.15) is 0 Å². The minimum atomic E-state index is -3.64. The molecule has 0 radical (unpaired) electrons. The average molecular weight is 327 g/mol. The molecule has 0 aliphatic carbocycles. The van der Waals surface area contributed by atoms with Crippen molar-refractivity contribution in [1.29, 1.82) is 0 Å². The quantitative estimate of drug-likeness (QED) is 0.744. The Bertz CT molecular complexity index is 765. The first-order valence-corrected chi connectivity index (χ1v) is 8.80. The highest BCUT2D eigenvalue weighted by Crippen LogP contribution is 2.18. The SMILES string of the molecule is CCC(N)c1cccc(S(=O)(=O)NCc2csc(=O)[nH]2)c1. The number of hydrogen-bond donors (Lipinski definition) is 3. The van der Waals surface area contributed by atoms with Crippen LogP contribution in [0.1, 0.15) is 30.6 Å². The lowest BCUT2D eigenvalue weighted by atomic mass is 10.1. The van der Waals surface area contributed by atoms with Crippen molar-refractivity contribution in [3.63, 3.8) is 0 Å². The van der Waals surface area contributed by atoms with Crippen LogP contribution in [0.3, 0.4) is 0 Å². The first kappa shape index (κ1) is 15.9. The van der Waals surface area contributed by atoms with Gasteiger partial charge in [-0.05, 0) is 24.1 Å². The number of nitrogens with one attached hydrogen (secondary N) is 2. The molecule has 114 valence electrons. The van der Waals surface area contributed by atoms with Gasteiger partial charge in [0.15, 0.2) is 0 Å². The number of aromatic nitrogens is 1. The van der Waals surface area contributed by atoms with Crippen molar-refractivity contribution in [3.8, 4) is 0 Å². The molecule has 1 atom stereocenters. The van der Waals surface area contributed by atoms with E-state index in [1.54, 1.807) is 17.5 Å². The third-order valence-electron chi connectivity index (χ3n) is 3.06. The molecule has 0 amide bonds. The summed E-state index contributed by atoms with van der Waals surface area (Å²) in [6, 6.07) is 6.39. The maximum atomic E-state index is 12.2. The predicted molar refractivity (Wildman–Crippen MR) is 82.6 cm³/mol. The summed E-state index contributed by atoms with van der Waals surface area (Å²) in [5.41, 5.74) is 7.24. The third-order valence-corrected chi connectivity index (χ3v) is 5.18. The zero-order chi connectivity index (χ0) is 15.5. The molecule has 0 spiro atoms. The Kier molecular flexibility index (Phi) is 4.94. The Hall–Kier alpha value is -1.48.